The molecule has 10 nitrogen and oxygen atoms in total. The van der Waals surface area contributed by atoms with E-state index in [1.54, 1.807) is 6.92 Å². The molecule has 2 aliphatic rings. The Hall–Kier alpha value is -3.41. The monoisotopic (exact) mass is 494 g/mol. The molecular formula is C23H28F2N4O6. The topological polar surface area (TPSA) is 138 Å². The number of aromatic nitrogens is 1. The average molecular weight is 494 g/mol. The zero-order chi connectivity index (χ0) is 25.1. The highest BCUT2D eigenvalue weighted by Crippen LogP contribution is 2.37. The summed E-state index contributed by atoms with van der Waals surface area (Å²) in [4.78, 5) is 28.5. The summed E-state index contributed by atoms with van der Waals surface area (Å²) in [7, 11) is 1.28. The molecule has 2 fully saturated rings. The van der Waals surface area contributed by atoms with E-state index in [1.807, 2.05) is 0 Å². The number of nitrogens with one attached hydrogen (secondary N) is 2. The molecule has 35 heavy (non-hydrogen) atoms. The second-order valence-electron chi connectivity index (χ2n) is 8.79. The van der Waals surface area contributed by atoms with Crippen LogP contribution in [-0.2, 0) is 4.74 Å². The fourth-order valence-corrected chi connectivity index (χ4v) is 3.70. The number of amides is 2. The lowest BCUT2D eigenvalue weighted by atomic mass is 9.86. The predicted molar refractivity (Wildman–Crippen MR) is 119 cm³/mol. The molecule has 4 rings (SSSR count). The first kappa shape index (κ1) is 24.7. The number of benzene rings is 1. The van der Waals surface area contributed by atoms with Gasteiger partial charge in [-0.25, -0.2) is 9.78 Å². The van der Waals surface area contributed by atoms with Crippen LogP contribution in [0.3, 0.4) is 0 Å². The van der Waals surface area contributed by atoms with E-state index in [0.29, 0.717) is 30.9 Å². The number of halogens is 2. The highest BCUT2D eigenvalue weighted by molar-refractivity contribution is 5.94. The van der Waals surface area contributed by atoms with E-state index in [9.17, 15) is 18.4 Å². The SMILES string of the molecule is COC(=O)NC1CC(NC(=O)c2nc(-c3ccc(OC(F)F)c(OCC4CC4)c3)oc2C(C)N)C1. The van der Waals surface area contributed by atoms with Gasteiger partial charge in [-0.1, -0.05) is 0 Å². The number of carbonyl (C=O) groups is 2. The van der Waals surface area contributed by atoms with Gasteiger partial charge in [-0.3, -0.25) is 4.79 Å². The van der Waals surface area contributed by atoms with Gasteiger partial charge < -0.3 is 35.0 Å². The van der Waals surface area contributed by atoms with Crippen LogP contribution in [0.15, 0.2) is 22.6 Å². The molecule has 1 aromatic carbocycles. The van der Waals surface area contributed by atoms with Gasteiger partial charge >= 0.3 is 12.7 Å². The Morgan fingerprint density at radius 2 is 1.91 bits per heavy atom. The number of oxazole rings is 1. The second-order valence-corrected chi connectivity index (χ2v) is 8.79. The van der Waals surface area contributed by atoms with Crippen molar-refractivity contribution in [2.45, 2.75) is 57.3 Å². The highest BCUT2D eigenvalue weighted by atomic mass is 19.3. The van der Waals surface area contributed by atoms with Gasteiger partial charge in [0.05, 0.1) is 19.8 Å². The van der Waals surface area contributed by atoms with Crippen LogP contribution in [0.25, 0.3) is 11.5 Å². The normalized spacial score (nSPS) is 20.1. The van der Waals surface area contributed by atoms with E-state index >= 15 is 0 Å². The summed E-state index contributed by atoms with van der Waals surface area (Å²) < 4.78 is 46.3. The van der Waals surface area contributed by atoms with Gasteiger partial charge in [0, 0.05) is 17.6 Å². The van der Waals surface area contributed by atoms with Crippen molar-refractivity contribution in [1.29, 1.82) is 0 Å². The van der Waals surface area contributed by atoms with Crippen molar-refractivity contribution < 1.29 is 37.0 Å². The van der Waals surface area contributed by atoms with Crippen LogP contribution in [-0.4, -0.2) is 49.4 Å². The smallest absolute Gasteiger partial charge is 0.407 e. The minimum Gasteiger partial charge on any atom is -0.489 e. The predicted octanol–water partition coefficient (Wildman–Crippen LogP) is 3.37. The van der Waals surface area contributed by atoms with Gasteiger partial charge in [0.15, 0.2) is 23.0 Å². The summed E-state index contributed by atoms with van der Waals surface area (Å²) in [6.45, 7) is -0.954. The van der Waals surface area contributed by atoms with Gasteiger partial charge in [0.2, 0.25) is 5.89 Å². The first-order chi connectivity index (χ1) is 16.7. The molecule has 1 heterocycles. The van der Waals surface area contributed by atoms with Crippen molar-refractivity contribution in [3.8, 4) is 23.0 Å². The van der Waals surface area contributed by atoms with Crippen molar-refractivity contribution in [2.75, 3.05) is 13.7 Å². The number of ether oxygens (including phenoxy) is 3. The van der Waals surface area contributed by atoms with Crippen LogP contribution in [0.4, 0.5) is 13.6 Å². The third-order valence-corrected chi connectivity index (χ3v) is 5.84. The Morgan fingerprint density at radius 1 is 1.20 bits per heavy atom. The van der Waals surface area contributed by atoms with Crippen molar-refractivity contribution >= 4 is 12.0 Å². The van der Waals surface area contributed by atoms with E-state index in [4.69, 9.17) is 14.9 Å². The Morgan fingerprint density at radius 3 is 2.54 bits per heavy atom. The standard InChI is InChI=1S/C23H28F2N4O6/c1-11(26)19-18(20(30)27-14-8-15(9-14)28-23(31)32-2)29-21(35-19)13-5-6-16(34-22(24)25)17(7-13)33-10-12-3-4-12/h5-7,11-12,14-15,22H,3-4,8-10,26H2,1-2H3,(H,27,30)(H,28,31). The maximum Gasteiger partial charge on any atom is 0.407 e. The van der Waals surface area contributed by atoms with Crippen LogP contribution in [0, 0.1) is 5.92 Å². The number of rotatable bonds is 10. The molecule has 0 spiro atoms. The number of hydrogen-bond donors (Lipinski definition) is 3. The van der Waals surface area contributed by atoms with Gasteiger partial charge in [0.25, 0.3) is 5.91 Å². The van der Waals surface area contributed by atoms with Gasteiger partial charge in [-0.05, 0) is 56.7 Å². The molecule has 0 bridgehead atoms. The number of methoxy groups -OCH3 is 1. The molecule has 1 aromatic heterocycles. The number of alkyl halides is 2. The summed E-state index contributed by atoms with van der Waals surface area (Å²) in [5.41, 5.74) is 6.46. The first-order valence-corrected chi connectivity index (χ1v) is 11.4. The minimum atomic E-state index is -3.00. The molecule has 0 radical (unpaired) electrons. The van der Waals surface area contributed by atoms with E-state index < -0.39 is 24.7 Å². The third-order valence-electron chi connectivity index (χ3n) is 5.84. The fraction of sp³-hybridized carbons (Fsp3) is 0.522. The molecule has 190 valence electrons. The Balaban J connectivity index is 1.50. The Kier molecular flexibility index (Phi) is 7.39. The molecule has 4 N–H and O–H groups in total. The van der Waals surface area contributed by atoms with Crippen LogP contribution in [0.5, 0.6) is 11.5 Å². The summed E-state index contributed by atoms with van der Waals surface area (Å²) in [6, 6.07) is 3.47. The van der Waals surface area contributed by atoms with E-state index in [2.05, 4.69) is 25.1 Å². The summed E-state index contributed by atoms with van der Waals surface area (Å²) in [5.74, 6) is 0.266. The van der Waals surface area contributed by atoms with Crippen LogP contribution in [0.2, 0.25) is 0 Å². The third kappa shape index (κ3) is 6.18. The fourth-order valence-electron chi connectivity index (χ4n) is 3.70. The molecule has 1 atom stereocenters. The minimum absolute atomic E-state index is 0.0349. The molecule has 0 aliphatic heterocycles. The number of hydrogen-bond acceptors (Lipinski definition) is 8. The second kappa shape index (κ2) is 10.5. The lowest BCUT2D eigenvalue weighted by molar-refractivity contribution is -0.0515. The average Bonchev–Trinajstić information content (AvgIpc) is 3.51. The summed E-state index contributed by atoms with van der Waals surface area (Å²) >= 11 is 0. The maximum atomic E-state index is 12.9. The van der Waals surface area contributed by atoms with Crippen LogP contribution in [0.1, 0.15) is 54.9 Å². The molecular weight excluding hydrogens is 466 g/mol. The van der Waals surface area contributed by atoms with Crippen molar-refractivity contribution in [3.05, 3.63) is 29.7 Å². The lowest BCUT2D eigenvalue weighted by Crippen LogP contribution is -2.53. The lowest BCUT2D eigenvalue weighted by Gasteiger charge is -2.35. The van der Waals surface area contributed by atoms with E-state index in [-0.39, 0.29) is 40.9 Å². The van der Waals surface area contributed by atoms with Crippen LogP contribution < -0.4 is 25.8 Å². The zero-order valence-electron chi connectivity index (χ0n) is 19.4. The van der Waals surface area contributed by atoms with Crippen molar-refractivity contribution in [2.24, 2.45) is 11.7 Å². The number of nitrogens with two attached hydrogens (primary N) is 1. The molecule has 2 aliphatic carbocycles. The highest BCUT2D eigenvalue weighted by Gasteiger charge is 2.34. The first-order valence-electron chi connectivity index (χ1n) is 11.4. The van der Waals surface area contributed by atoms with Gasteiger partial charge in [0.1, 0.15) is 0 Å². The summed E-state index contributed by atoms with van der Waals surface area (Å²) in [6.07, 6.45) is 2.63. The zero-order valence-corrected chi connectivity index (χ0v) is 19.4. The van der Waals surface area contributed by atoms with Gasteiger partial charge in [-0.15, -0.1) is 0 Å². The Labute approximate surface area is 200 Å². The van der Waals surface area contributed by atoms with Crippen LogP contribution >= 0.6 is 0 Å². The molecule has 2 saturated carbocycles. The largest absolute Gasteiger partial charge is 0.489 e. The molecule has 12 heteroatoms. The Bertz CT molecular complexity index is 1070. The van der Waals surface area contributed by atoms with E-state index in [0.717, 1.165) is 12.8 Å². The maximum absolute atomic E-state index is 12.9. The number of carbonyl (C=O) groups excluding carboxylic acids is 2. The van der Waals surface area contributed by atoms with Gasteiger partial charge in [-0.2, -0.15) is 8.78 Å². The molecule has 1 unspecified atom stereocenters. The number of nitrogens with zero attached hydrogens (tertiary/aromatic N) is 1. The molecule has 2 aromatic rings. The quantitative estimate of drug-likeness (QED) is 0.457. The number of alkyl carbamates (subject to hydrolysis) is 1. The van der Waals surface area contributed by atoms with Crippen molar-refractivity contribution in [3.63, 3.8) is 0 Å². The van der Waals surface area contributed by atoms with Crippen molar-refractivity contribution in [1.82, 2.24) is 15.6 Å². The van der Waals surface area contributed by atoms with E-state index in [1.165, 1.54) is 25.3 Å². The summed E-state index contributed by atoms with van der Waals surface area (Å²) in [5, 5.41) is 5.53. The molecule has 2 amide bonds. The molecule has 0 saturated heterocycles.